The fourth-order valence-corrected chi connectivity index (χ4v) is 1.11. The summed E-state index contributed by atoms with van der Waals surface area (Å²) in [5.41, 5.74) is 3.26. The van der Waals surface area contributed by atoms with Crippen LogP contribution in [-0.2, 0) is 0 Å². The second-order valence-electron chi connectivity index (χ2n) is 2.56. The Labute approximate surface area is 77.8 Å². The van der Waals surface area contributed by atoms with E-state index in [1.54, 1.807) is 19.2 Å². The summed E-state index contributed by atoms with van der Waals surface area (Å²) in [5.74, 6) is 0.668. The van der Waals surface area contributed by atoms with Crippen LogP contribution in [0, 0.1) is 0 Å². The maximum Gasteiger partial charge on any atom is 0.125 e. The molecule has 0 saturated carbocycles. The smallest absolute Gasteiger partial charge is 0.125 e. The summed E-state index contributed by atoms with van der Waals surface area (Å²) in [7, 11) is 1.57. The number of para-hydroxylation sites is 1. The Balaban J connectivity index is 3.04. The van der Waals surface area contributed by atoms with E-state index in [1.807, 2.05) is 12.1 Å². The van der Waals surface area contributed by atoms with Gasteiger partial charge in [-0.25, -0.2) is 0 Å². The van der Waals surface area contributed by atoms with E-state index in [0.29, 0.717) is 5.75 Å². The first-order valence-corrected chi connectivity index (χ1v) is 3.96. The quantitative estimate of drug-likeness (QED) is 0.714. The third kappa shape index (κ3) is 2.22. The molecular formula is C11H12O2. The molecule has 0 radical (unpaired) electrons. The van der Waals surface area contributed by atoms with E-state index in [1.165, 1.54) is 6.08 Å². The zero-order valence-corrected chi connectivity index (χ0v) is 7.53. The van der Waals surface area contributed by atoms with Gasteiger partial charge < -0.3 is 9.84 Å². The lowest BCUT2D eigenvalue weighted by Gasteiger charge is -2.09. The Morgan fingerprint density at radius 1 is 1.54 bits per heavy atom. The van der Waals surface area contributed by atoms with Crippen LogP contribution in [0.25, 0.3) is 0 Å². The van der Waals surface area contributed by atoms with Crippen molar-refractivity contribution in [3.05, 3.63) is 48.2 Å². The Morgan fingerprint density at radius 2 is 2.23 bits per heavy atom. The highest BCUT2D eigenvalue weighted by atomic mass is 16.5. The normalized spacial score (nSPS) is 11.5. The molecule has 1 atom stereocenters. The van der Waals surface area contributed by atoms with E-state index >= 15 is 0 Å². The van der Waals surface area contributed by atoms with Crippen LogP contribution in [0.5, 0.6) is 5.75 Å². The van der Waals surface area contributed by atoms with Crippen LogP contribution in [0.3, 0.4) is 0 Å². The zero-order valence-electron chi connectivity index (χ0n) is 7.53. The summed E-state index contributed by atoms with van der Waals surface area (Å²) in [6.07, 6.45) is 0.784. The molecule has 1 aromatic carbocycles. The van der Waals surface area contributed by atoms with Crippen molar-refractivity contribution < 1.29 is 9.84 Å². The Bertz CT molecular complexity index is 325. The van der Waals surface area contributed by atoms with Gasteiger partial charge in [-0.2, -0.15) is 0 Å². The average Bonchev–Trinajstić information content (AvgIpc) is 2.18. The van der Waals surface area contributed by atoms with Crippen LogP contribution in [-0.4, -0.2) is 12.2 Å². The zero-order chi connectivity index (χ0) is 9.68. The molecule has 1 unspecified atom stereocenters. The number of aliphatic hydroxyl groups excluding tert-OH is 1. The van der Waals surface area contributed by atoms with Crippen LogP contribution in [0.4, 0.5) is 0 Å². The fourth-order valence-electron chi connectivity index (χ4n) is 1.11. The van der Waals surface area contributed by atoms with Crippen molar-refractivity contribution in [1.82, 2.24) is 0 Å². The van der Waals surface area contributed by atoms with Gasteiger partial charge in [0.25, 0.3) is 0 Å². The van der Waals surface area contributed by atoms with E-state index in [0.717, 1.165) is 5.56 Å². The first-order chi connectivity index (χ1) is 6.29. The molecule has 0 heterocycles. The molecule has 0 spiro atoms. The maximum atomic E-state index is 9.59. The van der Waals surface area contributed by atoms with Gasteiger partial charge in [-0.3, -0.25) is 0 Å². The number of methoxy groups -OCH3 is 1. The van der Waals surface area contributed by atoms with E-state index in [9.17, 15) is 5.11 Å². The summed E-state index contributed by atoms with van der Waals surface area (Å²) >= 11 is 0. The molecule has 0 aliphatic carbocycles. The number of hydrogen-bond donors (Lipinski definition) is 1. The van der Waals surface area contributed by atoms with Crippen LogP contribution in [0.2, 0.25) is 0 Å². The van der Waals surface area contributed by atoms with Crippen LogP contribution in [0.1, 0.15) is 11.7 Å². The minimum Gasteiger partial charge on any atom is -0.496 e. The number of hydrogen-bond acceptors (Lipinski definition) is 2. The molecule has 68 valence electrons. The first-order valence-electron chi connectivity index (χ1n) is 3.96. The second-order valence-corrected chi connectivity index (χ2v) is 2.56. The molecule has 0 aromatic heterocycles. The lowest BCUT2D eigenvalue weighted by molar-refractivity contribution is 0.223. The SMILES string of the molecule is C=C=CC(O)c1ccccc1OC. The van der Waals surface area contributed by atoms with Crippen LogP contribution < -0.4 is 4.74 Å². The minimum atomic E-state index is -0.700. The van der Waals surface area contributed by atoms with Gasteiger partial charge in [0.1, 0.15) is 11.9 Å². The predicted molar refractivity (Wildman–Crippen MR) is 51.7 cm³/mol. The Morgan fingerprint density at radius 3 is 2.85 bits per heavy atom. The van der Waals surface area contributed by atoms with Crippen molar-refractivity contribution in [2.45, 2.75) is 6.10 Å². The Hall–Kier alpha value is -1.50. The van der Waals surface area contributed by atoms with Crippen molar-refractivity contribution in [2.24, 2.45) is 0 Å². The number of aliphatic hydroxyl groups is 1. The van der Waals surface area contributed by atoms with Crippen molar-refractivity contribution in [3.63, 3.8) is 0 Å². The van der Waals surface area contributed by atoms with Gasteiger partial charge >= 0.3 is 0 Å². The summed E-state index contributed by atoms with van der Waals surface area (Å²) < 4.78 is 5.08. The highest BCUT2D eigenvalue weighted by Gasteiger charge is 2.08. The highest BCUT2D eigenvalue weighted by molar-refractivity contribution is 5.36. The molecule has 1 rings (SSSR count). The summed E-state index contributed by atoms with van der Waals surface area (Å²) in [4.78, 5) is 0. The van der Waals surface area contributed by atoms with Gasteiger partial charge in [0, 0.05) is 5.56 Å². The van der Waals surface area contributed by atoms with Crippen molar-refractivity contribution in [3.8, 4) is 5.75 Å². The van der Waals surface area contributed by atoms with Crippen molar-refractivity contribution in [2.75, 3.05) is 7.11 Å². The average molecular weight is 176 g/mol. The standard InChI is InChI=1S/C11H12O2/c1-3-6-10(12)9-7-4-5-8-11(9)13-2/h4-8,10,12H,1H2,2H3. The molecular weight excluding hydrogens is 164 g/mol. The molecule has 0 fully saturated rings. The van der Waals surface area contributed by atoms with Crippen molar-refractivity contribution >= 4 is 0 Å². The van der Waals surface area contributed by atoms with E-state index < -0.39 is 6.10 Å². The molecule has 1 aromatic rings. The molecule has 13 heavy (non-hydrogen) atoms. The van der Waals surface area contributed by atoms with Gasteiger partial charge in [-0.1, -0.05) is 24.8 Å². The third-order valence-electron chi connectivity index (χ3n) is 1.73. The van der Waals surface area contributed by atoms with E-state index in [-0.39, 0.29) is 0 Å². The van der Waals surface area contributed by atoms with Gasteiger partial charge in [-0.15, -0.1) is 5.73 Å². The third-order valence-corrected chi connectivity index (χ3v) is 1.73. The van der Waals surface area contributed by atoms with Crippen LogP contribution >= 0.6 is 0 Å². The molecule has 2 heteroatoms. The van der Waals surface area contributed by atoms with E-state index in [4.69, 9.17) is 4.74 Å². The molecule has 0 bridgehead atoms. The fraction of sp³-hybridized carbons (Fsp3) is 0.182. The first kappa shape index (κ1) is 9.59. The molecule has 1 N–H and O–H groups in total. The van der Waals surface area contributed by atoms with Gasteiger partial charge in [0.2, 0.25) is 0 Å². The number of benzene rings is 1. The van der Waals surface area contributed by atoms with Gasteiger partial charge in [0.05, 0.1) is 7.11 Å². The van der Waals surface area contributed by atoms with Crippen molar-refractivity contribution in [1.29, 1.82) is 0 Å². The molecule has 0 aliphatic rings. The molecule has 2 nitrogen and oxygen atoms in total. The van der Waals surface area contributed by atoms with Gasteiger partial charge in [-0.05, 0) is 12.1 Å². The highest BCUT2D eigenvalue weighted by Crippen LogP contribution is 2.24. The van der Waals surface area contributed by atoms with Crippen LogP contribution in [0.15, 0.2) is 42.7 Å². The lowest BCUT2D eigenvalue weighted by Crippen LogP contribution is -1.96. The topological polar surface area (TPSA) is 29.5 Å². The largest absolute Gasteiger partial charge is 0.496 e. The number of ether oxygens (including phenoxy) is 1. The maximum absolute atomic E-state index is 9.59. The Kier molecular flexibility index (Phi) is 3.32. The molecule has 0 saturated heterocycles. The van der Waals surface area contributed by atoms with Gasteiger partial charge in [0.15, 0.2) is 0 Å². The second kappa shape index (κ2) is 4.51. The summed E-state index contributed by atoms with van der Waals surface area (Å²) in [5, 5.41) is 9.59. The lowest BCUT2D eigenvalue weighted by atomic mass is 10.1. The number of rotatable bonds is 3. The monoisotopic (exact) mass is 176 g/mol. The molecule has 0 aliphatic heterocycles. The van der Waals surface area contributed by atoms with E-state index in [2.05, 4.69) is 12.3 Å². The molecule has 0 amide bonds. The predicted octanol–water partition coefficient (Wildman–Crippen LogP) is 2.07. The minimum absolute atomic E-state index is 0.668. The summed E-state index contributed by atoms with van der Waals surface area (Å²) in [6, 6.07) is 7.30. The summed E-state index contributed by atoms with van der Waals surface area (Å²) in [6.45, 7) is 3.40.